The van der Waals surface area contributed by atoms with Crippen molar-refractivity contribution in [3.63, 3.8) is 0 Å². The monoisotopic (exact) mass is 391 g/mol. The smallest absolute Gasteiger partial charge is 0.320 e. The number of nitrogens with zero attached hydrogens (tertiary/aromatic N) is 1. The van der Waals surface area contributed by atoms with Crippen LogP contribution >= 0.6 is 23.1 Å². The Morgan fingerprint density at radius 1 is 1.27 bits per heavy atom. The Labute approximate surface area is 161 Å². The average molecular weight is 392 g/mol. The normalized spacial score (nSPS) is 18.3. The third-order valence-electron chi connectivity index (χ3n) is 4.42. The van der Waals surface area contributed by atoms with E-state index in [0.29, 0.717) is 19.6 Å². The quantitative estimate of drug-likeness (QED) is 0.759. The van der Waals surface area contributed by atoms with E-state index < -0.39 is 0 Å². The molecule has 7 heteroatoms. The van der Waals surface area contributed by atoms with Gasteiger partial charge in [0.2, 0.25) is 0 Å². The summed E-state index contributed by atoms with van der Waals surface area (Å²) in [7, 11) is 1.39. The van der Waals surface area contributed by atoms with Gasteiger partial charge in [0.25, 0.3) is 5.91 Å². The summed E-state index contributed by atoms with van der Waals surface area (Å²) in [4.78, 5) is 27.5. The summed E-state index contributed by atoms with van der Waals surface area (Å²) in [5.74, 6) is 0.576. The molecule has 0 unspecified atom stereocenters. The number of thioether (sulfide) groups is 1. The Bertz CT molecular complexity index is 722. The zero-order valence-corrected chi connectivity index (χ0v) is 16.3. The second-order valence-corrected chi connectivity index (χ2v) is 8.36. The van der Waals surface area contributed by atoms with E-state index in [1.54, 1.807) is 28.0 Å². The summed E-state index contributed by atoms with van der Waals surface area (Å²) in [6, 6.07) is 14.5. The summed E-state index contributed by atoms with van der Waals surface area (Å²) < 4.78 is 4.82. The fourth-order valence-electron chi connectivity index (χ4n) is 3.04. The molecule has 2 aromatic rings. The predicted octanol–water partition coefficient (Wildman–Crippen LogP) is 1.52. The summed E-state index contributed by atoms with van der Waals surface area (Å²) in [6.45, 7) is 1.47. The largest absolute Gasteiger partial charge is 0.468 e. The van der Waals surface area contributed by atoms with Gasteiger partial charge in [-0.25, -0.2) is 0 Å². The van der Waals surface area contributed by atoms with Gasteiger partial charge in [0.1, 0.15) is 11.3 Å². The van der Waals surface area contributed by atoms with Crippen LogP contribution in [0, 0.1) is 0 Å². The maximum Gasteiger partial charge on any atom is 0.320 e. The number of thiophene rings is 1. The summed E-state index contributed by atoms with van der Waals surface area (Å²) in [6.07, 6.45) is 0. The molecular formula is C19H23N2O3S2+. The van der Waals surface area contributed by atoms with Gasteiger partial charge < -0.3 is 15.0 Å². The fourth-order valence-corrected chi connectivity index (χ4v) is 5.02. The number of benzene rings is 1. The number of amides is 1. The van der Waals surface area contributed by atoms with Crippen LogP contribution in [0.2, 0.25) is 0 Å². The standard InChI is InChI=1S/C19H22N2O3S2/c1-24-19(23)16-13-21(9-11-26-16)17(22)12-20-18(15-8-5-10-25-15)14-6-3-2-4-7-14/h2-8,10,16,18,20H,9,11-13H2,1H3/p+1/t16-,18+/m1/s1. The molecule has 2 heterocycles. The Balaban J connectivity index is 1.64. The van der Waals surface area contributed by atoms with Crippen LogP contribution < -0.4 is 5.32 Å². The van der Waals surface area contributed by atoms with Crippen molar-refractivity contribution < 1.29 is 19.6 Å². The highest BCUT2D eigenvalue weighted by Crippen LogP contribution is 2.23. The molecule has 138 valence electrons. The van der Waals surface area contributed by atoms with Crippen LogP contribution in [0.1, 0.15) is 16.5 Å². The first-order valence-electron chi connectivity index (χ1n) is 8.58. The van der Waals surface area contributed by atoms with E-state index in [1.807, 2.05) is 24.3 Å². The van der Waals surface area contributed by atoms with Crippen LogP contribution in [-0.4, -0.2) is 54.5 Å². The number of rotatable bonds is 6. The number of hydrogen-bond acceptors (Lipinski definition) is 5. The Morgan fingerprint density at radius 3 is 2.77 bits per heavy atom. The minimum absolute atomic E-state index is 0.0664. The van der Waals surface area contributed by atoms with E-state index in [1.165, 1.54) is 17.6 Å². The molecule has 1 saturated heterocycles. The second-order valence-electron chi connectivity index (χ2n) is 6.07. The highest BCUT2D eigenvalue weighted by molar-refractivity contribution is 8.00. The molecule has 0 bridgehead atoms. The maximum atomic E-state index is 12.7. The predicted molar refractivity (Wildman–Crippen MR) is 104 cm³/mol. The van der Waals surface area contributed by atoms with E-state index in [4.69, 9.17) is 4.74 Å². The van der Waals surface area contributed by atoms with Gasteiger partial charge >= 0.3 is 5.97 Å². The van der Waals surface area contributed by atoms with E-state index in [9.17, 15) is 9.59 Å². The van der Waals surface area contributed by atoms with Gasteiger partial charge in [-0.3, -0.25) is 9.59 Å². The zero-order valence-electron chi connectivity index (χ0n) is 14.7. The van der Waals surface area contributed by atoms with Gasteiger partial charge in [-0.05, 0) is 11.4 Å². The number of carbonyl (C=O) groups excluding carboxylic acids is 2. The second kappa shape index (κ2) is 9.21. The lowest BCUT2D eigenvalue weighted by Gasteiger charge is -2.30. The SMILES string of the molecule is COC(=O)[C@H]1CN(C(=O)C[NH2+][C@@H](c2ccccc2)c2cccs2)CCS1. The molecule has 1 amide bonds. The number of ether oxygens (including phenoxy) is 1. The van der Waals surface area contributed by atoms with Gasteiger partial charge in [-0.1, -0.05) is 36.4 Å². The molecule has 2 N–H and O–H groups in total. The average Bonchev–Trinajstić information content (AvgIpc) is 3.23. The van der Waals surface area contributed by atoms with Gasteiger partial charge in [-0.15, -0.1) is 23.1 Å². The molecule has 2 atom stereocenters. The molecular weight excluding hydrogens is 368 g/mol. The molecule has 1 aliphatic heterocycles. The molecule has 3 rings (SSSR count). The number of methoxy groups -OCH3 is 1. The number of quaternary nitrogens is 1. The van der Waals surface area contributed by atoms with E-state index in [2.05, 4.69) is 28.9 Å². The zero-order chi connectivity index (χ0) is 18.4. The third-order valence-corrected chi connectivity index (χ3v) is 6.54. The highest BCUT2D eigenvalue weighted by Gasteiger charge is 2.30. The number of nitrogens with two attached hydrogens (primary N) is 1. The van der Waals surface area contributed by atoms with Crippen molar-refractivity contribution in [1.29, 1.82) is 0 Å². The Kier molecular flexibility index (Phi) is 6.71. The van der Waals surface area contributed by atoms with Crippen LogP contribution in [0.15, 0.2) is 47.8 Å². The van der Waals surface area contributed by atoms with Crippen molar-refractivity contribution in [2.24, 2.45) is 0 Å². The molecule has 0 radical (unpaired) electrons. The first-order valence-corrected chi connectivity index (χ1v) is 10.5. The van der Waals surface area contributed by atoms with Crippen LogP contribution in [0.3, 0.4) is 0 Å². The number of carbonyl (C=O) groups is 2. The van der Waals surface area contributed by atoms with Gasteiger partial charge in [-0.2, -0.15) is 0 Å². The highest BCUT2D eigenvalue weighted by atomic mass is 32.2. The topological polar surface area (TPSA) is 63.2 Å². The maximum absolute atomic E-state index is 12.7. The van der Waals surface area contributed by atoms with Crippen molar-refractivity contribution in [2.75, 3.05) is 32.5 Å². The number of hydrogen-bond donors (Lipinski definition) is 1. The van der Waals surface area contributed by atoms with Crippen molar-refractivity contribution in [2.45, 2.75) is 11.3 Å². The molecule has 0 aliphatic carbocycles. The molecule has 1 aromatic heterocycles. The molecule has 26 heavy (non-hydrogen) atoms. The lowest BCUT2D eigenvalue weighted by atomic mass is 10.1. The first kappa shape index (κ1) is 18.9. The molecule has 0 saturated carbocycles. The molecule has 1 aliphatic rings. The lowest BCUT2D eigenvalue weighted by Crippen LogP contribution is -2.87. The first-order chi connectivity index (χ1) is 12.7. The fraction of sp³-hybridized carbons (Fsp3) is 0.368. The van der Waals surface area contributed by atoms with Crippen LogP contribution in [0.4, 0.5) is 0 Å². The molecule has 1 aromatic carbocycles. The van der Waals surface area contributed by atoms with Gasteiger partial charge in [0.15, 0.2) is 6.54 Å². The molecule has 5 nitrogen and oxygen atoms in total. The van der Waals surface area contributed by atoms with Gasteiger partial charge in [0, 0.05) is 24.4 Å². The molecule has 1 fully saturated rings. The Morgan fingerprint density at radius 2 is 2.08 bits per heavy atom. The minimum Gasteiger partial charge on any atom is -0.468 e. The van der Waals surface area contributed by atoms with Crippen molar-refractivity contribution in [3.05, 3.63) is 58.3 Å². The van der Waals surface area contributed by atoms with E-state index in [0.717, 1.165) is 5.75 Å². The van der Waals surface area contributed by atoms with Crippen LogP contribution in [-0.2, 0) is 14.3 Å². The van der Waals surface area contributed by atoms with Crippen molar-refractivity contribution in [1.82, 2.24) is 4.90 Å². The van der Waals surface area contributed by atoms with Crippen molar-refractivity contribution >= 4 is 35.0 Å². The van der Waals surface area contributed by atoms with E-state index >= 15 is 0 Å². The van der Waals surface area contributed by atoms with Crippen LogP contribution in [0.25, 0.3) is 0 Å². The summed E-state index contributed by atoms with van der Waals surface area (Å²) in [5, 5.41) is 3.86. The van der Waals surface area contributed by atoms with Crippen molar-refractivity contribution in [3.8, 4) is 0 Å². The van der Waals surface area contributed by atoms with Gasteiger partial charge in [0.05, 0.1) is 12.0 Å². The van der Waals surface area contributed by atoms with E-state index in [-0.39, 0.29) is 23.2 Å². The Hall–Kier alpha value is -1.83. The van der Waals surface area contributed by atoms with Crippen LogP contribution in [0.5, 0.6) is 0 Å². The minimum atomic E-state index is -0.278. The summed E-state index contributed by atoms with van der Waals surface area (Å²) >= 11 is 3.26. The number of esters is 1. The lowest BCUT2D eigenvalue weighted by molar-refractivity contribution is -0.676. The third kappa shape index (κ3) is 4.66. The molecule has 0 spiro atoms. The summed E-state index contributed by atoms with van der Waals surface area (Å²) in [5.41, 5.74) is 1.18.